The van der Waals surface area contributed by atoms with Gasteiger partial charge in [0.05, 0.1) is 25.9 Å². The Hall–Kier alpha value is -2.36. The maximum atomic E-state index is 13.9. The summed E-state index contributed by atoms with van der Waals surface area (Å²) in [5.41, 5.74) is -0.453. The van der Waals surface area contributed by atoms with Crippen molar-refractivity contribution in [3.8, 4) is 5.75 Å². The topological polar surface area (TPSA) is 106 Å². The molecular formula is C24H35FN2O6. The van der Waals surface area contributed by atoms with Gasteiger partial charge in [0.25, 0.3) is 0 Å². The second-order valence-corrected chi connectivity index (χ2v) is 8.67. The van der Waals surface area contributed by atoms with E-state index in [1.54, 1.807) is 24.3 Å². The monoisotopic (exact) mass is 466 g/mol. The van der Waals surface area contributed by atoms with Crippen LogP contribution in [0.15, 0.2) is 41.6 Å². The van der Waals surface area contributed by atoms with E-state index < -0.39 is 29.5 Å². The number of halogens is 1. The van der Waals surface area contributed by atoms with Crippen LogP contribution in [0.4, 0.5) is 4.39 Å². The highest BCUT2D eigenvalue weighted by atomic mass is 19.1. The molecule has 1 aromatic rings. The molecule has 1 fully saturated rings. The number of aliphatic hydroxyl groups is 1. The summed E-state index contributed by atoms with van der Waals surface area (Å²) in [6.07, 6.45) is 5.29. The average molecular weight is 467 g/mol. The molecule has 2 unspecified atom stereocenters. The highest BCUT2D eigenvalue weighted by molar-refractivity contribution is 5.70. The largest absolute Gasteiger partial charge is 0.489 e. The van der Waals surface area contributed by atoms with Crippen molar-refractivity contribution < 1.29 is 28.5 Å². The molecule has 0 heterocycles. The van der Waals surface area contributed by atoms with Gasteiger partial charge in [0.2, 0.25) is 0 Å². The van der Waals surface area contributed by atoms with Gasteiger partial charge in [-0.3, -0.25) is 0 Å². The summed E-state index contributed by atoms with van der Waals surface area (Å²) in [7, 11) is 3.12. The Morgan fingerprint density at radius 1 is 1.33 bits per heavy atom. The van der Waals surface area contributed by atoms with E-state index in [4.69, 9.17) is 9.47 Å². The highest BCUT2D eigenvalue weighted by Crippen LogP contribution is 2.40. The molecule has 33 heavy (non-hydrogen) atoms. The van der Waals surface area contributed by atoms with E-state index in [1.807, 2.05) is 20.0 Å². The zero-order valence-electron chi connectivity index (χ0n) is 19.5. The second-order valence-electron chi connectivity index (χ2n) is 8.67. The van der Waals surface area contributed by atoms with Crippen LogP contribution in [0, 0.1) is 22.6 Å². The van der Waals surface area contributed by atoms with Crippen molar-refractivity contribution in [1.29, 1.82) is 0 Å². The maximum Gasteiger partial charge on any atom is 0.331 e. The Kier molecular flexibility index (Phi) is 10.9. The fourth-order valence-electron chi connectivity index (χ4n) is 4.17. The summed E-state index contributed by atoms with van der Waals surface area (Å²) < 4.78 is 29.3. The lowest BCUT2D eigenvalue weighted by Gasteiger charge is -2.32. The lowest BCUT2D eigenvalue weighted by molar-refractivity contribution is -0.145. The number of aliphatic hydroxyl groups excluding tert-OH is 1. The van der Waals surface area contributed by atoms with Crippen LogP contribution >= 0.6 is 0 Å². The molecule has 8 nitrogen and oxygen atoms in total. The first-order chi connectivity index (χ1) is 15.8. The van der Waals surface area contributed by atoms with Crippen molar-refractivity contribution in [1.82, 2.24) is 5.32 Å². The van der Waals surface area contributed by atoms with Gasteiger partial charge in [-0.1, -0.05) is 29.5 Å². The number of benzene rings is 1. The van der Waals surface area contributed by atoms with E-state index in [9.17, 15) is 19.2 Å². The first-order valence-electron chi connectivity index (χ1n) is 11.2. The quantitative estimate of drug-likeness (QED) is 0.188. The van der Waals surface area contributed by atoms with Gasteiger partial charge < -0.3 is 24.6 Å². The Morgan fingerprint density at radius 2 is 2.09 bits per heavy atom. The van der Waals surface area contributed by atoms with Crippen LogP contribution in [0.5, 0.6) is 5.75 Å². The van der Waals surface area contributed by atoms with Crippen LogP contribution in [0.3, 0.4) is 0 Å². The highest BCUT2D eigenvalue weighted by Gasteiger charge is 2.43. The normalized spacial score (nSPS) is 24.5. The number of esters is 1. The van der Waals surface area contributed by atoms with E-state index in [0.717, 1.165) is 0 Å². The van der Waals surface area contributed by atoms with Crippen molar-refractivity contribution in [3.05, 3.63) is 47.1 Å². The van der Waals surface area contributed by atoms with Gasteiger partial charge >= 0.3 is 5.97 Å². The van der Waals surface area contributed by atoms with E-state index in [0.29, 0.717) is 25.7 Å². The Morgan fingerprint density at radius 3 is 2.76 bits per heavy atom. The number of rotatable bonds is 14. The second kappa shape index (κ2) is 13.4. The van der Waals surface area contributed by atoms with E-state index in [1.165, 1.54) is 13.2 Å². The van der Waals surface area contributed by atoms with E-state index >= 15 is 0 Å². The molecule has 0 aliphatic heterocycles. The van der Waals surface area contributed by atoms with Gasteiger partial charge in [0, 0.05) is 5.54 Å². The van der Waals surface area contributed by atoms with Crippen molar-refractivity contribution in [2.75, 3.05) is 34.0 Å². The van der Waals surface area contributed by atoms with Gasteiger partial charge in [-0.2, -0.15) is 4.91 Å². The zero-order chi connectivity index (χ0) is 24.3. The molecule has 1 aliphatic rings. The molecule has 0 radical (unpaired) electrons. The van der Waals surface area contributed by atoms with Gasteiger partial charge in [0.1, 0.15) is 13.2 Å². The molecule has 2 N–H and O–H groups in total. The third kappa shape index (κ3) is 8.17. The van der Waals surface area contributed by atoms with Crippen LogP contribution in [0.1, 0.15) is 32.6 Å². The number of methoxy groups -OCH3 is 1. The minimum absolute atomic E-state index is 0.0840. The number of nitrogens with zero attached hydrogens (tertiary/aromatic N) is 1. The van der Waals surface area contributed by atoms with Crippen LogP contribution < -0.4 is 10.1 Å². The Labute approximate surface area is 194 Å². The standard InChI is InChI=1S/C24H35FN2O6/c1-24(26-2,16-33-22-10-5-4-9-19(22)25)12-11-17-18(21(28)14-20(17)27-30)8-6-7-13-32-15-23(29)31-3/h4-7,9-10,17-18,20-21,26,28H,8,11-16H2,1-3H3/t17-,18-,20?,21+,24?/m1/s1. The number of allylic oxidation sites excluding steroid dienone is 1. The fourth-order valence-corrected chi connectivity index (χ4v) is 4.17. The number of ether oxygens (including phenoxy) is 3. The van der Waals surface area contributed by atoms with Crippen LogP contribution in [-0.4, -0.2) is 62.7 Å². The van der Waals surface area contributed by atoms with Gasteiger partial charge in [-0.05, 0) is 63.6 Å². The van der Waals surface area contributed by atoms with Gasteiger partial charge in [0.15, 0.2) is 11.6 Å². The molecule has 1 aliphatic carbocycles. The van der Waals surface area contributed by atoms with Crippen molar-refractivity contribution in [3.63, 3.8) is 0 Å². The van der Waals surface area contributed by atoms with Crippen LogP contribution in [0.25, 0.3) is 0 Å². The third-order valence-electron chi connectivity index (χ3n) is 6.41. The van der Waals surface area contributed by atoms with Crippen molar-refractivity contribution >= 4 is 5.97 Å². The van der Waals surface area contributed by atoms with Crippen LogP contribution in [0.2, 0.25) is 0 Å². The molecule has 0 saturated heterocycles. The molecule has 9 heteroatoms. The first-order valence-corrected chi connectivity index (χ1v) is 11.2. The number of hydrogen-bond donors (Lipinski definition) is 2. The predicted octanol–water partition coefficient (Wildman–Crippen LogP) is 3.23. The number of para-hydroxylation sites is 1. The summed E-state index contributed by atoms with van der Waals surface area (Å²) in [5.74, 6) is -0.860. The summed E-state index contributed by atoms with van der Waals surface area (Å²) in [5, 5.41) is 17.1. The van der Waals surface area contributed by atoms with Gasteiger partial charge in [-0.15, -0.1) is 0 Å². The minimum atomic E-state index is -0.617. The van der Waals surface area contributed by atoms with E-state index in [2.05, 4.69) is 15.2 Å². The summed E-state index contributed by atoms with van der Waals surface area (Å²) in [4.78, 5) is 22.5. The number of likely N-dealkylation sites (N-methyl/N-ethyl adjacent to an activating group) is 1. The Bertz CT molecular complexity index is 792. The number of carbonyl (C=O) groups is 1. The predicted molar refractivity (Wildman–Crippen MR) is 122 cm³/mol. The van der Waals surface area contributed by atoms with E-state index in [-0.39, 0.29) is 37.4 Å². The lowest BCUT2D eigenvalue weighted by Crippen LogP contribution is -2.46. The molecular weight excluding hydrogens is 431 g/mol. The molecule has 184 valence electrons. The Balaban J connectivity index is 1.92. The van der Waals surface area contributed by atoms with Gasteiger partial charge in [-0.25, -0.2) is 9.18 Å². The molecule has 0 bridgehead atoms. The summed E-state index contributed by atoms with van der Waals surface area (Å²) in [6.45, 7) is 2.37. The molecule has 1 aromatic carbocycles. The molecule has 0 aromatic heterocycles. The molecule has 2 rings (SSSR count). The summed E-state index contributed by atoms with van der Waals surface area (Å²) in [6, 6.07) is 5.81. The number of carbonyl (C=O) groups excluding carboxylic acids is 1. The first kappa shape index (κ1) is 26.9. The van der Waals surface area contributed by atoms with Crippen molar-refractivity contribution in [2.24, 2.45) is 17.0 Å². The summed E-state index contributed by atoms with van der Waals surface area (Å²) >= 11 is 0. The molecule has 0 spiro atoms. The number of nitrogens with one attached hydrogen (secondary N) is 1. The third-order valence-corrected chi connectivity index (χ3v) is 6.41. The minimum Gasteiger partial charge on any atom is -0.489 e. The van der Waals surface area contributed by atoms with Crippen LogP contribution in [-0.2, 0) is 14.3 Å². The lowest BCUT2D eigenvalue weighted by atomic mass is 9.82. The molecule has 1 saturated carbocycles. The SMILES string of the molecule is CNC(C)(CC[C@H]1C(N=O)C[C@H](O)[C@@H]1CC=CCOCC(=O)OC)COc1ccccc1F. The molecule has 0 amide bonds. The number of nitroso groups, excluding NO2 is 1. The smallest absolute Gasteiger partial charge is 0.331 e. The zero-order valence-corrected chi connectivity index (χ0v) is 19.5. The molecule has 5 atom stereocenters. The average Bonchev–Trinajstić information content (AvgIpc) is 3.13. The maximum absolute atomic E-state index is 13.9. The number of hydrogen-bond acceptors (Lipinski definition) is 8. The fraction of sp³-hybridized carbons (Fsp3) is 0.625. The van der Waals surface area contributed by atoms with Crippen molar-refractivity contribution in [2.45, 2.75) is 50.3 Å².